The Balaban J connectivity index is 4.70. The molecular weight excluding hydrogens is 202 g/mol. The molecule has 0 radical (unpaired) electrons. The van der Waals surface area contributed by atoms with E-state index in [2.05, 4.69) is 15.6 Å². The molecule has 1 atom stereocenters. The SMILES string of the molecule is CNC(=O)C(=NCC(N)=O)C(N)NC=O. The van der Waals surface area contributed by atoms with E-state index in [1.54, 1.807) is 0 Å². The van der Waals surface area contributed by atoms with Crippen molar-refractivity contribution in [3.63, 3.8) is 0 Å². The van der Waals surface area contributed by atoms with Gasteiger partial charge in [-0.2, -0.15) is 0 Å². The third-order valence-electron chi connectivity index (χ3n) is 1.41. The highest BCUT2D eigenvalue weighted by atomic mass is 16.2. The molecule has 1 unspecified atom stereocenters. The quantitative estimate of drug-likeness (QED) is 0.209. The normalized spacial score (nSPS) is 12.8. The summed E-state index contributed by atoms with van der Waals surface area (Å²) in [5.74, 6) is -1.28. The number of hydrogen-bond acceptors (Lipinski definition) is 5. The van der Waals surface area contributed by atoms with E-state index in [0.717, 1.165) is 0 Å². The molecule has 0 aromatic carbocycles. The number of rotatable bonds is 6. The molecule has 8 nitrogen and oxygen atoms in total. The van der Waals surface area contributed by atoms with Crippen molar-refractivity contribution in [2.75, 3.05) is 13.6 Å². The molecule has 0 aliphatic carbocycles. The molecule has 0 saturated heterocycles. The number of nitrogens with two attached hydrogens (primary N) is 2. The molecule has 0 saturated carbocycles. The lowest BCUT2D eigenvalue weighted by Gasteiger charge is -2.11. The van der Waals surface area contributed by atoms with Crippen LogP contribution in [-0.2, 0) is 14.4 Å². The van der Waals surface area contributed by atoms with Crippen molar-refractivity contribution < 1.29 is 14.4 Å². The molecular formula is C7H13N5O3. The Morgan fingerprint density at radius 1 is 1.53 bits per heavy atom. The van der Waals surface area contributed by atoms with Crippen molar-refractivity contribution in [2.45, 2.75) is 6.17 Å². The van der Waals surface area contributed by atoms with Gasteiger partial charge in [0.1, 0.15) is 18.4 Å². The van der Waals surface area contributed by atoms with Crippen LogP contribution in [0.25, 0.3) is 0 Å². The Labute approximate surface area is 86.1 Å². The van der Waals surface area contributed by atoms with Gasteiger partial charge >= 0.3 is 0 Å². The van der Waals surface area contributed by atoms with E-state index in [9.17, 15) is 14.4 Å². The molecule has 6 N–H and O–H groups in total. The van der Waals surface area contributed by atoms with Crippen LogP contribution in [0.1, 0.15) is 0 Å². The predicted octanol–water partition coefficient (Wildman–Crippen LogP) is -3.31. The summed E-state index contributed by atoms with van der Waals surface area (Å²) in [5.41, 5.74) is 10.1. The molecule has 0 rings (SSSR count). The number of amides is 3. The zero-order chi connectivity index (χ0) is 11.8. The van der Waals surface area contributed by atoms with Gasteiger partial charge < -0.3 is 22.1 Å². The minimum Gasteiger partial charge on any atom is -0.368 e. The Hall–Kier alpha value is -1.96. The number of nitrogens with one attached hydrogen (secondary N) is 2. The van der Waals surface area contributed by atoms with Crippen molar-refractivity contribution >= 4 is 23.9 Å². The lowest BCUT2D eigenvalue weighted by molar-refractivity contribution is -0.116. The lowest BCUT2D eigenvalue weighted by Crippen LogP contribution is -2.50. The van der Waals surface area contributed by atoms with Crippen LogP contribution in [0.2, 0.25) is 0 Å². The molecule has 15 heavy (non-hydrogen) atoms. The second kappa shape index (κ2) is 6.49. The summed E-state index contributed by atoms with van der Waals surface area (Å²) in [6.07, 6.45) is -0.741. The smallest absolute Gasteiger partial charge is 0.268 e. The topological polar surface area (TPSA) is 140 Å². The zero-order valence-corrected chi connectivity index (χ0v) is 8.19. The number of carbonyl (C=O) groups excluding carboxylic acids is 3. The van der Waals surface area contributed by atoms with Gasteiger partial charge in [0, 0.05) is 7.05 Å². The minimum atomic E-state index is -1.07. The summed E-state index contributed by atoms with van der Waals surface area (Å²) in [7, 11) is 1.37. The highest BCUT2D eigenvalue weighted by molar-refractivity contribution is 6.41. The molecule has 0 aromatic heterocycles. The first-order valence-corrected chi connectivity index (χ1v) is 4.03. The first kappa shape index (κ1) is 13.0. The average Bonchev–Trinajstić information content (AvgIpc) is 2.17. The van der Waals surface area contributed by atoms with Crippen LogP contribution in [0.5, 0.6) is 0 Å². The Bertz CT molecular complexity index is 288. The van der Waals surface area contributed by atoms with Crippen LogP contribution in [-0.4, -0.2) is 43.7 Å². The summed E-state index contributed by atoms with van der Waals surface area (Å²) in [6, 6.07) is 0. The number of nitrogens with zero attached hydrogens (tertiary/aromatic N) is 1. The third kappa shape index (κ3) is 4.72. The van der Waals surface area contributed by atoms with Crippen LogP contribution < -0.4 is 22.1 Å². The second-order valence-corrected chi connectivity index (χ2v) is 2.51. The second-order valence-electron chi connectivity index (χ2n) is 2.51. The molecule has 3 amide bonds. The van der Waals surface area contributed by atoms with Gasteiger partial charge in [0.15, 0.2) is 0 Å². The first-order valence-electron chi connectivity index (χ1n) is 4.03. The van der Waals surface area contributed by atoms with Crippen molar-refractivity contribution in [1.82, 2.24) is 10.6 Å². The van der Waals surface area contributed by atoms with Gasteiger partial charge in [0.2, 0.25) is 12.3 Å². The number of carbonyl (C=O) groups is 3. The molecule has 0 bridgehead atoms. The van der Waals surface area contributed by atoms with E-state index < -0.39 is 18.0 Å². The van der Waals surface area contributed by atoms with Crippen molar-refractivity contribution in [3.8, 4) is 0 Å². The Morgan fingerprint density at radius 3 is 2.53 bits per heavy atom. The zero-order valence-electron chi connectivity index (χ0n) is 8.19. The molecule has 0 aliphatic heterocycles. The van der Waals surface area contributed by atoms with E-state index in [1.165, 1.54) is 7.05 Å². The fourth-order valence-electron chi connectivity index (χ4n) is 0.755. The fraction of sp³-hybridized carbons (Fsp3) is 0.429. The van der Waals surface area contributed by atoms with Gasteiger partial charge in [-0.1, -0.05) is 0 Å². The monoisotopic (exact) mass is 215 g/mol. The summed E-state index contributed by atoms with van der Waals surface area (Å²) in [5, 5.41) is 4.41. The summed E-state index contributed by atoms with van der Waals surface area (Å²) in [6.45, 7) is -0.364. The van der Waals surface area contributed by atoms with Gasteiger partial charge in [0.05, 0.1) is 0 Å². The van der Waals surface area contributed by atoms with E-state index in [-0.39, 0.29) is 12.3 Å². The molecule has 0 heterocycles. The first-order chi connectivity index (χ1) is 7.02. The molecule has 8 heteroatoms. The maximum absolute atomic E-state index is 11.2. The largest absolute Gasteiger partial charge is 0.368 e. The van der Waals surface area contributed by atoms with Gasteiger partial charge in [-0.15, -0.1) is 0 Å². The maximum atomic E-state index is 11.2. The van der Waals surface area contributed by atoms with Crippen molar-refractivity contribution in [3.05, 3.63) is 0 Å². The molecule has 84 valence electrons. The lowest BCUT2D eigenvalue weighted by atomic mass is 10.3. The van der Waals surface area contributed by atoms with E-state index >= 15 is 0 Å². The minimum absolute atomic E-state index is 0.164. The van der Waals surface area contributed by atoms with Gasteiger partial charge in [-0.3, -0.25) is 19.4 Å². The van der Waals surface area contributed by atoms with E-state index in [4.69, 9.17) is 11.5 Å². The number of aliphatic imine (C=N–C) groups is 1. The van der Waals surface area contributed by atoms with Crippen LogP contribution >= 0.6 is 0 Å². The maximum Gasteiger partial charge on any atom is 0.268 e. The standard InChI is InChI=1S/C7H13N5O3/c1-10-7(15)5(6(9)12-3-13)11-2-4(8)14/h3,6H,2,9H2,1H3,(H2,8,14)(H,10,15)(H,12,13). The van der Waals surface area contributed by atoms with E-state index in [1.807, 2.05) is 0 Å². The van der Waals surface area contributed by atoms with Crippen LogP contribution in [0.3, 0.4) is 0 Å². The summed E-state index contributed by atoms with van der Waals surface area (Å²) < 4.78 is 0. The highest BCUT2D eigenvalue weighted by Crippen LogP contribution is 1.84. The fourth-order valence-corrected chi connectivity index (χ4v) is 0.755. The van der Waals surface area contributed by atoms with Crippen LogP contribution in [0.4, 0.5) is 0 Å². The molecule has 0 spiro atoms. The van der Waals surface area contributed by atoms with Gasteiger partial charge in [-0.05, 0) is 0 Å². The van der Waals surface area contributed by atoms with Gasteiger partial charge in [-0.25, -0.2) is 0 Å². The molecule has 0 aromatic rings. The van der Waals surface area contributed by atoms with Crippen molar-refractivity contribution in [1.29, 1.82) is 0 Å². The number of hydrogen-bond donors (Lipinski definition) is 4. The van der Waals surface area contributed by atoms with Crippen molar-refractivity contribution in [2.24, 2.45) is 16.5 Å². The van der Waals surface area contributed by atoms with Crippen LogP contribution in [0.15, 0.2) is 4.99 Å². The van der Waals surface area contributed by atoms with Crippen LogP contribution in [0, 0.1) is 0 Å². The summed E-state index contributed by atoms with van der Waals surface area (Å²) in [4.78, 5) is 35.4. The Morgan fingerprint density at radius 2 is 2.13 bits per heavy atom. The molecule has 0 fully saturated rings. The third-order valence-corrected chi connectivity index (χ3v) is 1.41. The summed E-state index contributed by atoms with van der Waals surface area (Å²) >= 11 is 0. The highest BCUT2D eigenvalue weighted by Gasteiger charge is 2.17. The van der Waals surface area contributed by atoms with Gasteiger partial charge in [0.25, 0.3) is 5.91 Å². The number of primary amides is 1. The molecule has 0 aliphatic rings. The predicted molar refractivity (Wildman–Crippen MR) is 52.7 cm³/mol. The Kier molecular flexibility index (Phi) is 5.64. The van der Waals surface area contributed by atoms with E-state index in [0.29, 0.717) is 6.41 Å². The average molecular weight is 215 g/mol.